The Labute approximate surface area is 116 Å². The first kappa shape index (κ1) is 15.5. The zero-order valence-electron chi connectivity index (χ0n) is 11.5. The molecular formula is C15H25ClN2. The van der Waals surface area contributed by atoms with Crippen LogP contribution in [-0.4, -0.2) is 0 Å². The van der Waals surface area contributed by atoms with Gasteiger partial charge < -0.3 is 0 Å². The summed E-state index contributed by atoms with van der Waals surface area (Å²) in [5.41, 5.74) is 5.18. The van der Waals surface area contributed by atoms with Crippen LogP contribution < -0.4 is 11.3 Å². The molecule has 0 spiro atoms. The van der Waals surface area contributed by atoms with Crippen LogP contribution in [-0.2, 0) is 0 Å². The predicted octanol–water partition coefficient (Wildman–Crippen LogP) is 4.51. The van der Waals surface area contributed by atoms with Gasteiger partial charge in [0, 0.05) is 11.1 Å². The van der Waals surface area contributed by atoms with Crippen molar-refractivity contribution in [3.63, 3.8) is 0 Å². The number of hydrogen-bond donors (Lipinski definition) is 2. The monoisotopic (exact) mass is 268 g/mol. The normalized spacial score (nSPS) is 12.7. The van der Waals surface area contributed by atoms with Gasteiger partial charge in [0.15, 0.2) is 0 Å². The van der Waals surface area contributed by atoms with E-state index in [1.807, 2.05) is 13.0 Å². The quantitative estimate of drug-likeness (QED) is 0.413. The number of halogens is 1. The molecule has 102 valence electrons. The van der Waals surface area contributed by atoms with Crippen LogP contribution in [0, 0.1) is 6.92 Å². The second-order valence-corrected chi connectivity index (χ2v) is 5.35. The van der Waals surface area contributed by atoms with E-state index in [0.717, 1.165) is 17.0 Å². The minimum atomic E-state index is 0.166. The highest BCUT2D eigenvalue weighted by molar-refractivity contribution is 6.31. The molecule has 2 nitrogen and oxygen atoms in total. The van der Waals surface area contributed by atoms with Crippen LogP contribution in [0.3, 0.4) is 0 Å². The van der Waals surface area contributed by atoms with Gasteiger partial charge in [-0.25, -0.2) is 0 Å². The fourth-order valence-corrected chi connectivity index (χ4v) is 2.56. The lowest BCUT2D eigenvalue weighted by atomic mass is 9.99. The van der Waals surface area contributed by atoms with E-state index in [2.05, 4.69) is 24.5 Å². The number of nitrogens with one attached hydrogen (secondary N) is 1. The van der Waals surface area contributed by atoms with Crippen molar-refractivity contribution in [1.29, 1.82) is 0 Å². The summed E-state index contributed by atoms with van der Waals surface area (Å²) in [6.07, 6.45) is 7.43. The fraction of sp³-hybridized carbons (Fsp3) is 0.600. The summed E-state index contributed by atoms with van der Waals surface area (Å²) in [5, 5.41) is 0.812. The molecule has 1 atom stereocenters. The molecule has 0 fully saturated rings. The van der Waals surface area contributed by atoms with Gasteiger partial charge in [0.1, 0.15) is 0 Å². The van der Waals surface area contributed by atoms with Crippen LogP contribution in [0.2, 0.25) is 5.02 Å². The topological polar surface area (TPSA) is 38.0 Å². The molecule has 0 aromatic heterocycles. The summed E-state index contributed by atoms with van der Waals surface area (Å²) in [6, 6.07) is 6.33. The third kappa shape index (κ3) is 4.97. The number of nitrogens with two attached hydrogens (primary N) is 1. The highest BCUT2D eigenvalue weighted by atomic mass is 35.5. The van der Waals surface area contributed by atoms with E-state index in [1.165, 1.54) is 37.7 Å². The molecule has 0 bridgehead atoms. The molecule has 0 saturated heterocycles. The van der Waals surface area contributed by atoms with Gasteiger partial charge in [-0.3, -0.25) is 11.3 Å². The molecular weight excluding hydrogens is 244 g/mol. The van der Waals surface area contributed by atoms with Crippen molar-refractivity contribution in [3.05, 3.63) is 34.3 Å². The number of benzene rings is 1. The summed E-state index contributed by atoms with van der Waals surface area (Å²) < 4.78 is 0. The van der Waals surface area contributed by atoms with Gasteiger partial charge in [0.25, 0.3) is 0 Å². The van der Waals surface area contributed by atoms with E-state index in [-0.39, 0.29) is 6.04 Å². The van der Waals surface area contributed by atoms with Crippen LogP contribution in [0.25, 0.3) is 0 Å². The van der Waals surface area contributed by atoms with Crippen LogP contribution in [0.15, 0.2) is 18.2 Å². The molecule has 0 amide bonds. The van der Waals surface area contributed by atoms with E-state index in [1.54, 1.807) is 0 Å². The predicted molar refractivity (Wildman–Crippen MR) is 79.6 cm³/mol. The van der Waals surface area contributed by atoms with E-state index in [9.17, 15) is 0 Å². The molecule has 0 heterocycles. The second kappa shape index (κ2) is 8.52. The SMILES string of the molecule is CCCCCCCC(NN)c1ccc(C)cc1Cl. The molecule has 1 aromatic carbocycles. The molecule has 1 aromatic rings. The van der Waals surface area contributed by atoms with Gasteiger partial charge in [-0.05, 0) is 30.5 Å². The van der Waals surface area contributed by atoms with Crippen molar-refractivity contribution in [2.45, 2.75) is 58.4 Å². The Morgan fingerprint density at radius 1 is 1.22 bits per heavy atom. The lowest BCUT2D eigenvalue weighted by molar-refractivity contribution is 0.479. The van der Waals surface area contributed by atoms with Gasteiger partial charge in [-0.2, -0.15) is 0 Å². The average molecular weight is 269 g/mol. The molecule has 3 heteroatoms. The highest BCUT2D eigenvalue weighted by Gasteiger charge is 2.12. The number of hydrazine groups is 1. The van der Waals surface area contributed by atoms with Crippen LogP contribution in [0.4, 0.5) is 0 Å². The number of unbranched alkanes of at least 4 members (excludes halogenated alkanes) is 4. The molecule has 18 heavy (non-hydrogen) atoms. The first-order valence-corrected chi connectivity index (χ1v) is 7.29. The highest BCUT2D eigenvalue weighted by Crippen LogP contribution is 2.27. The van der Waals surface area contributed by atoms with Gasteiger partial charge in [-0.15, -0.1) is 0 Å². The smallest absolute Gasteiger partial charge is 0.0474 e. The molecule has 0 saturated carbocycles. The van der Waals surface area contributed by atoms with Crippen molar-refractivity contribution < 1.29 is 0 Å². The minimum Gasteiger partial charge on any atom is -0.271 e. The lowest BCUT2D eigenvalue weighted by Gasteiger charge is -2.18. The first-order chi connectivity index (χ1) is 8.69. The number of aryl methyl sites for hydroxylation is 1. The Morgan fingerprint density at radius 2 is 1.94 bits per heavy atom. The lowest BCUT2D eigenvalue weighted by Crippen LogP contribution is -2.28. The molecule has 0 aliphatic carbocycles. The van der Waals surface area contributed by atoms with E-state index in [0.29, 0.717) is 0 Å². The second-order valence-electron chi connectivity index (χ2n) is 4.95. The fourth-order valence-electron chi connectivity index (χ4n) is 2.20. The Hall–Kier alpha value is -0.570. The number of hydrogen-bond acceptors (Lipinski definition) is 2. The van der Waals surface area contributed by atoms with Gasteiger partial charge in [-0.1, -0.05) is 62.8 Å². The first-order valence-electron chi connectivity index (χ1n) is 6.91. The van der Waals surface area contributed by atoms with Crippen LogP contribution in [0.1, 0.15) is 62.6 Å². The minimum absolute atomic E-state index is 0.166. The molecule has 0 aliphatic heterocycles. The van der Waals surface area contributed by atoms with Crippen molar-refractivity contribution in [2.75, 3.05) is 0 Å². The summed E-state index contributed by atoms with van der Waals surface area (Å²) in [7, 11) is 0. The summed E-state index contributed by atoms with van der Waals surface area (Å²) in [6.45, 7) is 4.28. The Bertz CT molecular complexity index is 352. The largest absolute Gasteiger partial charge is 0.271 e. The molecule has 0 radical (unpaired) electrons. The van der Waals surface area contributed by atoms with Crippen molar-refractivity contribution in [3.8, 4) is 0 Å². The Kier molecular flexibility index (Phi) is 7.33. The van der Waals surface area contributed by atoms with Crippen LogP contribution in [0.5, 0.6) is 0 Å². The zero-order valence-corrected chi connectivity index (χ0v) is 12.3. The van der Waals surface area contributed by atoms with Gasteiger partial charge in [0.2, 0.25) is 0 Å². The summed E-state index contributed by atoms with van der Waals surface area (Å²) >= 11 is 6.27. The standard InChI is InChI=1S/C15H25ClN2/c1-3-4-5-6-7-8-15(18-17)13-10-9-12(2)11-14(13)16/h9-11,15,18H,3-8,17H2,1-2H3. The van der Waals surface area contributed by atoms with E-state index >= 15 is 0 Å². The molecule has 3 N–H and O–H groups in total. The van der Waals surface area contributed by atoms with E-state index < -0.39 is 0 Å². The van der Waals surface area contributed by atoms with Crippen molar-refractivity contribution in [2.24, 2.45) is 5.84 Å². The Balaban J connectivity index is 2.49. The van der Waals surface area contributed by atoms with Crippen LogP contribution >= 0.6 is 11.6 Å². The molecule has 1 unspecified atom stereocenters. The summed E-state index contributed by atoms with van der Waals surface area (Å²) in [5.74, 6) is 5.64. The third-order valence-electron chi connectivity index (χ3n) is 3.33. The van der Waals surface area contributed by atoms with E-state index in [4.69, 9.17) is 17.4 Å². The van der Waals surface area contributed by atoms with Gasteiger partial charge >= 0.3 is 0 Å². The maximum absolute atomic E-state index is 6.27. The van der Waals surface area contributed by atoms with Gasteiger partial charge in [0.05, 0.1) is 0 Å². The maximum atomic E-state index is 6.27. The number of rotatable bonds is 8. The average Bonchev–Trinajstić information content (AvgIpc) is 2.35. The molecule has 1 rings (SSSR count). The zero-order chi connectivity index (χ0) is 13.4. The maximum Gasteiger partial charge on any atom is 0.0474 e. The Morgan fingerprint density at radius 3 is 2.56 bits per heavy atom. The summed E-state index contributed by atoms with van der Waals surface area (Å²) in [4.78, 5) is 0. The van der Waals surface area contributed by atoms with Crippen molar-refractivity contribution >= 4 is 11.6 Å². The molecule has 0 aliphatic rings. The third-order valence-corrected chi connectivity index (χ3v) is 3.66. The van der Waals surface area contributed by atoms with Crippen molar-refractivity contribution in [1.82, 2.24) is 5.43 Å².